The zero-order valence-electron chi connectivity index (χ0n) is 15.0. The Bertz CT molecular complexity index is 1030. The van der Waals surface area contributed by atoms with Gasteiger partial charge in [-0.2, -0.15) is 8.42 Å². The summed E-state index contributed by atoms with van der Waals surface area (Å²) >= 11 is 0. The molecule has 3 heterocycles. The molecule has 2 aliphatic heterocycles. The number of carbonyl (C=O) groups excluding carboxylic acids is 1. The van der Waals surface area contributed by atoms with Crippen LogP contribution in [-0.2, 0) is 10.0 Å². The van der Waals surface area contributed by atoms with E-state index in [4.69, 9.17) is 0 Å². The summed E-state index contributed by atoms with van der Waals surface area (Å²) in [5.41, 5.74) is 1.85. The van der Waals surface area contributed by atoms with Crippen molar-refractivity contribution in [2.24, 2.45) is 4.40 Å². The molecule has 7 nitrogen and oxygen atoms in total. The van der Waals surface area contributed by atoms with Crippen LogP contribution in [0.15, 0.2) is 45.8 Å². The number of amides is 1. The minimum atomic E-state index is -3.81. The van der Waals surface area contributed by atoms with Crippen LogP contribution in [0, 0.1) is 6.92 Å². The van der Waals surface area contributed by atoms with Crippen molar-refractivity contribution in [2.75, 3.05) is 16.8 Å². The lowest BCUT2D eigenvalue weighted by Crippen LogP contribution is -2.35. The zero-order valence-corrected chi connectivity index (χ0v) is 15.8. The SMILES string of the molecule is Cc1ccc(NC(=O)c2ccc3c(c2)S(=O)(=O)N=C2CCCCCN23)nc1. The molecule has 4 rings (SSSR count). The zero-order chi connectivity index (χ0) is 19.0. The van der Waals surface area contributed by atoms with Gasteiger partial charge in [-0.3, -0.25) is 4.79 Å². The van der Waals surface area contributed by atoms with Crippen LogP contribution in [-0.4, -0.2) is 31.7 Å². The fourth-order valence-corrected chi connectivity index (χ4v) is 4.64. The quantitative estimate of drug-likeness (QED) is 0.859. The average molecular weight is 384 g/mol. The Morgan fingerprint density at radius 1 is 1.15 bits per heavy atom. The number of hydrogen-bond acceptors (Lipinski definition) is 5. The van der Waals surface area contributed by atoms with Crippen molar-refractivity contribution >= 4 is 33.3 Å². The maximum absolute atomic E-state index is 12.7. The molecule has 2 aliphatic rings. The number of nitrogens with one attached hydrogen (secondary N) is 1. The van der Waals surface area contributed by atoms with Crippen LogP contribution in [0.2, 0.25) is 0 Å². The second kappa shape index (κ2) is 6.77. The summed E-state index contributed by atoms with van der Waals surface area (Å²) in [7, 11) is -3.81. The van der Waals surface area contributed by atoms with Crippen LogP contribution < -0.4 is 10.2 Å². The second-order valence-corrected chi connectivity index (χ2v) is 8.37. The van der Waals surface area contributed by atoms with Crippen LogP contribution in [0.5, 0.6) is 0 Å². The first-order chi connectivity index (χ1) is 12.9. The highest BCUT2D eigenvalue weighted by Crippen LogP contribution is 2.35. The van der Waals surface area contributed by atoms with Crippen LogP contribution in [0.4, 0.5) is 11.5 Å². The number of fused-ring (bicyclic) bond motifs is 3. The van der Waals surface area contributed by atoms with Gasteiger partial charge in [-0.15, -0.1) is 4.40 Å². The van der Waals surface area contributed by atoms with E-state index in [0.717, 1.165) is 31.4 Å². The standard InChI is InChI=1S/C19H20N4O3S/c1-13-6-9-17(20-12-13)21-19(24)14-7-8-15-16(11-14)27(25,26)22-18-5-3-2-4-10-23(15)18/h6-9,11-12H,2-5,10H2,1H3,(H,20,21,24). The Morgan fingerprint density at radius 2 is 2.00 bits per heavy atom. The topological polar surface area (TPSA) is 91.7 Å². The highest BCUT2D eigenvalue weighted by molar-refractivity contribution is 7.90. The van der Waals surface area contributed by atoms with Crippen molar-refractivity contribution in [3.05, 3.63) is 47.7 Å². The first kappa shape index (κ1) is 17.7. The third-order valence-corrected chi connectivity index (χ3v) is 6.10. The molecule has 0 aliphatic carbocycles. The van der Waals surface area contributed by atoms with E-state index in [9.17, 15) is 13.2 Å². The Balaban J connectivity index is 1.68. The van der Waals surface area contributed by atoms with Crippen molar-refractivity contribution in [1.82, 2.24) is 4.98 Å². The van der Waals surface area contributed by atoms with Gasteiger partial charge in [-0.25, -0.2) is 4.98 Å². The lowest BCUT2D eigenvalue weighted by molar-refractivity contribution is 0.102. The van der Waals surface area contributed by atoms with Gasteiger partial charge in [-0.05, 0) is 49.6 Å². The molecule has 0 atom stereocenters. The van der Waals surface area contributed by atoms with Gasteiger partial charge in [0.05, 0.1) is 5.69 Å². The minimum Gasteiger partial charge on any atom is -0.328 e. The number of carbonyl (C=O) groups is 1. The lowest BCUT2D eigenvalue weighted by Gasteiger charge is -2.29. The van der Waals surface area contributed by atoms with E-state index >= 15 is 0 Å². The maximum atomic E-state index is 12.7. The molecule has 8 heteroatoms. The highest BCUT2D eigenvalue weighted by Gasteiger charge is 2.32. The van der Waals surface area contributed by atoms with E-state index in [1.807, 2.05) is 17.9 Å². The molecule has 1 aromatic heterocycles. The van der Waals surface area contributed by atoms with E-state index in [0.29, 0.717) is 23.8 Å². The van der Waals surface area contributed by atoms with Crippen molar-refractivity contribution < 1.29 is 13.2 Å². The monoisotopic (exact) mass is 384 g/mol. The molecule has 0 radical (unpaired) electrons. The largest absolute Gasteiger partial charge is 0.328 e. The van der Waals surface area contributed by atoms with Crippen molar-refractivity contribution in [2.45, 2.75) is 37.5 Å². The van der Waals surface area contributed by atoms with E-state index < -0.39 is 15.9 Å². The number of aryl methyl sites for hydroxylation is 1. The summed E-state index contributed by atoms with van der Waals surface area (Å²) in [6.45, 7) is 2.64. The molecule has 1 aromatic carbocycles. The molecule has 0 unspecified atom stereocenters. The number of hydrogen-bond donors (Lipinski definition) is 1. The number of amidine groups is 1. The summed E-state index contributed by atoms with van der Waals surface area (Å²) in [6, 6.07) is 8.29. The van der Waals surface area contributed by atoms with Crippen LogP contribution in [0.3, 0.4) is 0 Å². The van der Waals surface area contributed by atoms with E-state index in [1.165, 1.54) is 6.07 Å². The van der Waals surface area contributed by atoms with Crippen LogP contribution >= 0.6 is 0 Å². The van der Waals surface area contributed by atoms with Gasteiger partial charge < -0.3 is 10.2 Å². The molecule has 0 spiro atoms. The molecule has 1 N–H and O–H groups in total. The molecule has 1 amide bonds. The van der Waals surface area contributed by atoms with Gasteiger partial charge in [0.15, 0.2) is 0 Å². The second-order valence-electron chi connectivity index (χ2n) is 6.80. The number of aromatic nitrogens is 1. The molecular formula is C19H20N4O3S. The van der Waals surface area contributed by atoms with Crippen LogP contribution in [0.25, 0.3) is 0 Å². The fourth-order valence-electron chi connectivity index (χ4n) is 3.35. The third kappa shape index (κ3) is 3.44. The lowest BCUT2D eigenvalue weighted by atomic mass is 10.1. The smallest absolute Gasteiger partial charge is 0.286 e. The number of sulfonamides is 1. The summed E-state index contributed by atoms with van der Waals surface area (Å²) < 4.78 is 29.3. The molecule has 0 bridgehead atoms. The Kier molecular flexibility index (Phi) is 4.43. The number of pyridine rings is 1. The first-order valence-corrected chi connectivity index (χ1v) is 10.4. The highest BCUT2D eigenvalue weighted by atomic mass is 32.2. The summed E-state index contributed by atoms with van der Waals surface area (Å²) in [6.07, 6.45) is 5.28. The summed E-state index contributed by atoms with van der Waals surface area (Å²) in [5.74, 6) is 0.607. The van der Waals surface area contributed by atoms with Crippen molar-refractivity contribution in [3.8, 4) is 0 Å². The molecule has 1 fully saturated rings. The molecule has 2 aromatic rings. The van der Waals surface area contributed by atoms with Gasteiger partial charge in [0.2, 0.25) is 0 Å². The van der Waals surface area contributed by atoms with E-state index in [2.05, 4.69) is 14.7 Å². The van der Waals surface area contributed by atoms with Crippen molar-refractivity contribution in [3.63, 3.8) is 0 Å². The number of rotatable bonds is 2. The van der Waals surface area contributed by atoms with Crippen molar-refractivity contribution in [1.29, 1.82) is 0 Å². The Labute approximate surface area is 158 Å². The average Bonchev–Trinajstić information content (AvgIpc) is 2.88. The Hall–Kier alpha value is -2.74. The fraction of sp³-hybridized carbons (Fsp3) is 0.316. The van der Waals surface area contributed by atoms with Gasteiger partial charge in [0.25, 0.3) is 15.9 Å². The molecule has 1 saturated heterocycles. The van der Waals surface area contributed by atoms with Gasteiger partial charge in [0, 0.05) is 24.7 Å². The summed E-state index contributed by atoms with van der Waals surface area (Å²) in [5, 5.41) is 2.69. The third-order valence-electron chi connectivity index (χ3n) is 4.76. The van der Waals surface area contributed by atoms with E-state index in [-0.39, 0.29) is 10.5 Å². The van der Waals surface area contributed by atoms with E-state index in [1.54, 1.807) is 24.4 Å². The number of anilines is 2. The summed E-state index contributed by atoms with van der Waals surface area (Å²) in [4.78, 5) is 18.7. The molecule has 27 heavy (non-hydrogen) atoms. The normalized spacial score (nSPS) is 18.0. The number of nitrogens with zero attached hydrogens (tertiary/aromatic N) is 3. The van der Waals surface area contributed by atoms with Crippen LogP contribution in [0.1, 0.15) is 41.6 Å². The van der Waals surface area contributed by atoms with Gasteiger partial charge >= 0.3 is 0 Å². The van der Waals surface area contributed by atoms with Gasteiger partial charge in [0.1, 0.15) is 16.5 Å². The molecular weight excluding hydrogens is 364 g/mol. The van der Waals surface area contributed by atoms with Gasteiger partial charge in [-0.1, -0.05) is 12.5 Å². The predicted octanol–water partition coefficient (Wildman–Crippen LogP) is 3.12. The molecule has 0 saturated carbocycles. The maximum Gasteiger partial charge on any atom is 0.286 e. The first-order valence-electron chi connectivity index (χ1n) is 8.93. The molecule has 140 valence electrons. The number of benzene rings is 1. The Morgan fingerprint density at radius 3 is 2.78 bits per heavy atom. The predicted molar refractivity (Wildman–Crippen MR) is 104 cm³/mol. The minimum absolute atomic E-state index is 0.0812.